The van der Waals surface area contributed by atoms with E-state index in [0.717, 1.165) is 33.5 Å². The van der Waals surface area contributed by atoms with E-state index in [-0.39, 0.29) is 13.0 Å². The molecule has 0 amide bonds. The van der Waals surface area contributed by atoms with Gasteiger partial charge in [-0.2, -0.15) is 13.2 Å². The molecular weight excluding hydrogens is 577 g/mol. The van der Waals surface area contributed by atoms with Crippen molar-refractivity contribution in [2.45, 2.75) is 32.5 Å². The number of hydrogen-bond donors (Lipinski definition) is 1. The van der Waals surface area contributed by atoms with Gasteiger partial charge in [0.15, 0.2) is 29.0 Å². The summed E-state index contributed by atoms with van der Waals surface area (Å²) >= 11 is 3.46. The highest BCUT2D eigenvalue weighted by Gasteiger charge is 2.46. The van der Waals surface area contributed by atoms with Crippen molar-refractivity contribution in [1.29, 1.82) is 0 Å². The van der Waals surface area contributed by atoms with Gasteiger partial charge in [0.05, 0.1) is 28.4 Å². The lowest BCUT2D eigenvalue weighted by atomic mass is 10.0. The molecule has 4 rings (SSSR count). The first kappa shape index (κ1) is 32.1. The number of ether oxygens (including phenoxy) is 4. The van der Waals surface area contributed by atoms with Gasteiger partial charge in [0, 0.05) is 22.8 Å². The Morgan fingerprint density at radius 3 is 1.95 bits per heavy atom. The van der Waals surface area contributed by atoms with E-state index in [1.807, 2.05) is 12.1 Å². The number of fused-ring (bicyclic) bond motifs is 1. The third-order valence-corrected chi connectivity index (χ3v) is 6.96. The lowest BCUT2D eigenvalue weighted by molar-refractivity contribution is -0.150. The summed E-state index contributed by atoms with van der Waals surface area (Å²) in [7, 11) is 6.23. The third-order valence-electron chi connectivity index (χ3n) is 6.22. The SMILES string of the molecule is C.COc1cc(Br)c(CCN)cc1OC.COc1cc2c(cc1OC)N(C(c1ccccc1)C(F)(F)F)CC2. The monoisotopic (exact) mass is 612 g/mol. The van der Waals surface area contributed by atoms with Gasteiger partial charge in [-0.3, -0.25) is 0 Å². The highest BCUT2D eigenvalue weighted by Crippen LogP contribution is 2.46. The minimum Gasteiger partial charge on any atom is -0.493 e. The lowest BCUT2D eigenvalue weighted by Gasteiger charge is -2.32. The van der Waals surface area contributed by atoms with Gasteiger partial charge < -0.3 is 29.6 Å². The molecule has 1 aliphatic heterocycles. The van der Waals surface area contributed by atoms with Crippen LogP contribution >= 0.6 is 15.9 Å². The van der Waals surface area contributed by atoms with Crippen LogP contribution in [0.15, 0.2) is 59.1 Å². The fourth-order valence-corrected chi connectivity index (χ4v) is 4.95. The number of hydrogen-bond acceptors (Lipinski definition) is 6. The zero-order valence-corrected chi connectivity index (χ0v) is 23.4. The zero-order chi connectivity index (χ0) is 27.9. The van der Waals surface area contributed by atoms with Crippen LogP contribution in [0, 0.1) is 0 Å². The van der Waals surface area contributed by atoms with Gasteiger partial charge in [-0.25, -0.2) is 0 Å². The fourth-order valence-electron chi connectivity index (χ4n) is 4.43. The van der Waals surface area contributed by atoms with Crippen LogP contribution in [0.5, 0.6) is 23.0 Å². The predicted octanol–water partition coefficient (Wildman–Crippen LogP) is 6.97. The minimum absolute atomic E-state index is 0. The molecule has 0 spiro atoms. The standard InChI is InChI=1S/C18H18F3NO2.C10H14BrNO2.CH4/c1-23-15-10-13-8-9-22(14(13)11-16(15)24-2)17(18(19,20)21)12-6-4-3-5-7-12;1-13-9-5-7(3-4-12)8(11)6-10(9)14-2;/h3-7,10-11,17H,8-9H2,1-2H3;5-6H,3-4,12H2,1-2H3;1H4. The van der Waals surface area contributed by atoms with E-state index in [0.29, 0.717) is 36.7 Å². The number of alkyl halides is 3. The molecule has 0 aliphatic carbocycles. The summed E-state index contributed by atoms with van der Waals surface area (Å²) in [6.07, 6.45) is -3.02. The van der Waals surface area contributed by atoms with Crippen molar-refractivity contribution >= 4 is 21.6 Å². The molecule has 0 saturated carbocycles. The van der Waals surface area contributed by atoms with Gasteiger partial charge in [-0.15, -0.1) is 0 Å². The molecule has 1 atom stereocenters. The second-order valence-electron chi connectivity index (χ2n) is 8.47. The average molecular weight is 614 g/mol. The van der Waals surface area contributed by atoms with Crippen LogP contribution in [-0.2, 0) is 12.8 Å². The number of anilines is 1. The Balaban J connectivity index is 0.000000306. The largest absolute Gasteiger partial charge is 0.493 e. The van der Waals surface area contributed by atoms with E-state index < -0.39 is 12.2 Å². The molecule has 1 heterocycles. The van der Waals surface area contributed by atoms with Gasteiger partial charge in [-0.1, -0.05) is 53.7 Å². The molecule has 0 fully saturated rings. The van der Waals surface area contributed by atoms with Crippen LogP contribution in [0.3, 0.4) is 0 Å². The molecule has 3 aromatic rings. The normalized spacial score (nSPS) is 12.9. The summed E-state index contributed by atoms with van der Waals surface area (Å²) in [5.74, 6) is 2.41. The van der Waals surface area contributed by atoms with Crippen molar-refractivity contribution in [3.63, 3.8) is 0 Å². The Hall–Kier alpha value is -3.11. The van der Waals surface area contributed by atoms with E-state index in [1.54, 1.807) is 44.6 Å². The molecule has 6 nitrogen and oxygen atoms in total. The van der Waals surface area contributed by atoms with Crippen LogP contribution < -0.4 is 29.6 Å². The van der Waals surface area contributed by atoms with E-state index in [9.17, 15) is 13.2 Å². The number of methoxy groups -OCH3 is 4. The Bertz CT molecular complexity index is 1210. The number of rotatable bonds is 8. The van der Waals surface area contributed by atoms with E-state index in [4.69, 9.17) is 24.7 Å². The highest BCUT2D eigenvalue weighted by molar-refractivity contribution is 9.10. The molecule has 0 saturated heterocycles. The second kappa shape index (κ2) is 14.3. The van der Waals surface area contributed by atoms with Gasteiger partial charge in [0.1, 0.15) is 0 Å². The fraction of sp³-hybridized carbons (Fsp3) is 0.379. The molecule has 1 aliphatic rings. The van der Waals surface area contributed by atoms with Crippen molar-refractivity contribution in [2.75, 3.05) is 46.4 Å². The topological polar surface area (TPSA) is 66.2 Å². The van der Waals surface area contributed by atoms with Crippen LogP contribution in [0.2, 0.25) is 0 Å². The van der Waals surface area contributed by atoms with Gasteiger partial charge in [-0.05, 0) is 54.3 Å². The summed E-state index contributed by atoms with van der Waals surface area (Å²) in [6.45, 7) is 0.915. The summed E-state index contributed by atoms with van der Waals surface area (Å²) in [5.41, 5.74) is 8.23. The van der Waals surface area contributed by atoms with E-state index in [1.165, 1.54) is 31.3 Å². The minimum atomic E-state index is -4.38. The molecular formula is C29H36BrF3N2O4. The summed E-state index contributed by atoms with van der Waals surface area (Å²) in [4.78, 5) is 1.40. The van der Waals surface area contributed by atoms with Crippen molar-refractivity contribution in [3.8, 4) is 23.0 Å². The molecule has 2 N–H and O–H groups in total. The van der Waals surface area contributed by atoms with Crippen molar-refractivity contribution in [2.24, 2.45) is 5.73 Å². The molecule has 0 bridgehead atoms. The number of nitrogens with two attached hydrogens (primary N) is 1. The number of benzene rings is 3. The highest BCUT2D eigenvalue weighted by atomic mass is 79.9. The van der Waals surface area contributed by atoms with Crippen LogP contribution in [0.4, 0.5) is 18.9 Å². The molecule has 214 valence electrons. The Labute approximate surface area is 236 Å². The summed E-state index contributed by atoms with van der Waals surface area (Å²) in [6, 6.07) is 13.5. The van der Waals surface area contributed by atoms with Crippen LogP contribution in [0.25, 0.3) is 0 Å². The summed E-state index contributed by atoms with van der Waals surface area (Å²) in [5, 5.41) is 0. The second-order valence-corrected chi connectivity index (χ2v) is 9.33. The number of nitrogens with zero attached hydrogens (tertiary/aromatic N) is 1. The Kier molecular flexibility index (Phi) is 11.8. The molecule has 1 unspecified atom stereocenters. The van der Waals surface area contributed by atoms with E-state index in [2.05, 4.69) is 15.9 Å². The van der Waals surface area contributed by atoms with Crippen molar-refractivity contribution in [1.82, 2.24) is 0 Å². The van der Waals surface area contributed by atoms with Gasteiger partial charge in [0.2, 0.25) is 0 Å². The maximum atomic E-state index is 13.8. The molecule has 0 aromatic heterocycles. The Morgan fingerprint density at radius 1 is 0.872 bits per heavy atom. The molecule has 0 radical (unpaired) electrons. The van der Waals surface area contributed by atoms with Crippen molar-refractivity contribution < 1.29 is 32.1 Å². The Morgan fingerprint density at radius 2 is 1.41 bits per heavy atom. The van der Waals surface area contributed by atoms with Crippen LogP contribution in [0.1, 0.15) is 30.2 Å². The first-order chi connectivity index (χ1) is 18.2. The smallest absolute Gasteiger partial charge is 0.412 e. The van der Waals surface area contributed by atoms with Gasteiger partial charge in [0.25, 0.3) is 0 Å². The number of halogens is 4. The maximum Gasteiger partial charge on any atom is 0.412 e. The van der Waals surface area contributed by atoms with Crippen molar-refractivity contribution in [3.05, 3.63) is 75.8 Å². The average Bonchev–Trinajstić information content (AvgIpc) is 3.31. The van der Waals surface area contributed by atoms with Crippen LogP contribution in [-0.4, -0.2) is 47.7 Å². The molecule has 3 aromatic carbocycles. The first-order valence-electron chi connectivity index (χ1n) is 11.9. The lowest BCUT2D eigenvalue weighted by Crippen LogP contribution is -2.37. The predicted molar refractivity (Wildman–Crippen MR) is 153 cm³/mol. The summed E-state index contributed by atoms with van der Waals surface area (Å²) < 4.78 is 63.2. The third kappa shape index (κ3) is 7.51. The maximum absolute atomic E-state index is 13.8. The molecule has 10 heteroatoms. The first-order valence-corrected chi connectivity index (χ1v) is 12.7. The van der Waals surface area contributed by atoms with Gasteiger partial charge >= 0.3 is 6.18 Å². The molecule has 39 heavy (non-hydrogen) atoms. The van der Waals surface area contributed by atoms with E-state index >= 15 is 0 Å². The quantitative estimate of drug-likeness (QED) is 0.296. The zero-order valence-electron chi connectivity index (χ0n) is 21.8.